The van der Waals surface area contributed by atoms with Gasteiger partial charge in [0.2, 0.25) is 5.91 Å². The molecule has 0 aromatic heterocycles. The lowest BCUT2D eigenvalue weighted by molar-refractivity contribution is -0.130. The Bertz CT molecular complexity index is 605. The molecular formula is C15H18ClNO4S. The second-order valence-electron chi connectivity index (χ2n) is 5.69. The van der Waals surface area contributed by atoms with Gasteiger partial charge in [-0.1, -0.05) is 17.7 Å². The highest BCUT2D eigenvalue weighted by Gasteiger charge is 2.46. The number of benzene rings is 1. The third-order valence-corrected chi connectivity index (χ3v) is 4.63. The Hall–Kier alpha value is -1.24. The number of aliphatic hydroxyl groups excluding tert-OH is 1. The molecule has 0 unspecified atom stereocenters. The summed E-state index contributed by atoms with van der Waals surface area (Å²) in [4.78, 5) is 24.9. The molecule has 2 amide bonds. The van der Waals surface area contributed by atoms with Crippen molar-refractivity contribution in [3.63, 3.8) is 0 Å². The van der Waals surface area contributed by atoms with Crippen LogP contribution >= 0.6 is 23.4 Å². The van der Waals surface area contributed by atoms with Gasteiger partial charge in [0, 0.05) is 0 Å². The SMILES string of the molecule is Cc1ccc(Cl)c(OC[C@@H](O)CN2C(=O)SC(C)(C)C2=O)c1. The van der Waals surface area contributed by atoms with Gasteiger partial charge in [-0.3, -0.25) is 14.5 Å². The van der Waals surface area contributed by atoms with E-state index in [1.807, 2.05) is 13.0 Å². The fourth-order valence-electron chi connectivity index (χ4n) is 2.05. The van der Waals surface area contributed by atoms with Crippen molar-refractivity contribution in [2.75, 3.05) is 13.2 Å². The van der Waals surface area contributed by atoms with Crippen LogP contribution in [0.2, 0.25) is 5.02 Å². The highest BCUT2D eigenvalue weighted by atomic mass is 35.5. The molecule has 1 saturated heterocycles. The van der Waals surface area contributed by atoms with Crippen LogP contribution in [0.15, 0.2) is 18.2 Å². The zero-order chi connectivity index (χ0) is 16.5. The van der Waals surface area contributed by atoms with Crippen molar-refractivity contribution in [1.82, 2.24) is 4.90 Å². The maximum atomic E-state index is 12.1. The van der Waals surface area contributed by atoms with Crippen LogP contribution in [0.25, 0.3) is 0 Å². The number of halogens is 1. The van der Waals surface area contributed by atoms with Gasteiger partial charge in [-0.25, -0.2) is 0 Å². The van der Waals surface area contributed by atoms with Crippen molar-refractivity contribution in [2.45, 2.75) is 31.6 Å². The molecule has 1 aliphatic rings. The lowest BCUT2D eigenvalue weighted by atomic mass is 10.2. The fraction of sp³-hybridized carbons (Fsp3) is 0.467. The maximum absolute atomic E-state index is 12.1. The Kier molecular flexibility index (Phi) is 5.04. The minimum atomic E-state index is -0.973. The molecule has 0 bridgehead atoms. The van der Waals surface area contributed by atoms with E-state index in [0.717, 1.165) is 22.2 Å². The predicted octanol–water partition coefficient (Wildman–Crippen LogP) is 2.86. The number of aryl methyl sites for hydroxylation is 1. The van der Waals surface area contributed by atoms with Gasteiger partial charge in [0.05, 0.1) is 16.3 Å². The first-order chi connectivity index (χ1) is 10.2. The number of hydrogen-bond donors (Lipinski definition) is 1. The molecule has 5 nitrogen and oxygen atoms in total. The van der Waals surface area contributed by atoms with Gasteiger partial charge in [-0.05, 0) is 50.2 Å². The molecule has 1 aromatic rings. The second kappa shape index (κ2) is 6.48. The quantitative estimate of drug-likeness (QED) is 0.890. The molecule has 1 atom stereocenters. The molecule has 1 N–H and O–H groups in total. The number of carbonyl (C=O) groups excluding carboxylic acids is 2. The van der Waals surface area contributed by atoms with E-state index in [9.17, 15) is 14.7 Å². The monoisotopic (exact) mass is 343 g/mol. The van der Waals surface area contributed by atoms with Gasteiger partial charge in [-0.2, -0.15) is 0 Å². The average Bonchev–Trinajstić information content (AvgIpc) is 2.62. The summed E-state index contributed by atoms with van der Waals surface area (Å²) in [6, 6.07) is 5.33. The predicted molar refractivity (Wildman–Crippen MR) is 86.5 cm³/mol. The first kappa shape index (κ1) is 17.1. The van der Waals surface area contributed by atoms with E-state index in [4.69, 9.17) is 16.3 Å². The Balaban J connectivity index is 1.94. The standard InChI is InChI=1S/C15H18ClNO4S/c1-9-4-5-11(16)12(6-9)21-8-10(18)7-17-13(19)15(2,3)22-14(17)20/h4-6,10,18H,7-8H2,1-3H3/t10-/m0/s1. The van der Waals surface area contributed by atoms with Gasteiger partial charge in [-0.15, -0.1) is 0 Å². The van der Waals surface area contributed by atoms with E-state index in [1.165, 1.54) is 0 Å². The lowest BCUT2D eigenvalue weighted by Gasteiger charge is -2.20. The Morgan fingerprint density at radius 2 is 2.09 bits per heavy atom. The highest BCUT2D eigenvalue weighted by Crippen LogP contribution is 2.36. The van der Waals surface area contributed by atoms with Crippen LogP contribution in [-0.4, -0.2) is 45.2 Å². The number of imide groups is 1. The van der Waals surface area contributed by atoms with Crippen molar-refractivity contribution in [3.05, 3.63) is 28.8 Å². The fourth-order valence-corrected chi connectivity index (χ4v) is 3.13. The molecule has 1 fully saturated rings. The summed E-state index contributed by atoms with van der Waals surface area (Å²) >= 11 is 6.97. The minimum absolute atomic E-state index is 0.0503. The zero-order valence-electron chi connectivity index (χ0n) is 12.6. The molecule has 0 spiro atoms. The largest absolute Gasteiger partial charge is 0.489 e. The van der Waals surface area contributed by atoms with E-state index < -0.39 is 10.9 Å². The topological polar surface area (TPSA) is 66.8 Å². The number of ether oxygens (including phenoxy) is 1. The minimum Gasteiger partial charge on any atom is -0.489 e. The molecule has 1 heterocycles. The third kappa shape index (κ3) is 3.74. The van der Waals surface area contributed by atoms with E-state index >= 15 is 0 Å². The molecule has 7 heteroatoms. The summed E-state index contributed by atoms with van der Waals surface area (Å²) < 4.78 is 4.69. The number of aliphatic hydroxyl groups is 1. The van der Waals surface area contributed by atoms with Gasteiger partial charge >= 0.3 is 0 Å². The number of β-amino-alcohol motifs (C(OH)–C–C–N with tert-alkyl or cyclic N) is 1. The van der Waals surface area contributed by atoms with Gasteiger partial charge in [0.25, 0.3) is 5.24 Å². The highest BCUT2D eigenvalue weighted by molar-refractivity contribution is 8.16. The van der Waals surface area contributed by atoms with E-state index in [1.54, 1.807) is 26.0 Å². The first-order valence-electron chi connectivity index (χ1n) is 6.82. The first-order valence-corrected chi connectivity index (χ1v) is 8.02. The Morgan fingerprint density at radius 1 is 1.41 bits per heavy atom. The van der Waals surface area contributed by atoms with Crippen LogP contribution in [0.5, 0.6) is 5.75 Å². The molecule has 22 heavy (non-hydrogen) atoms. The smallest absolute Gasteiger partial charge is 0.289 e. The maximum Gasteiger partial charge on any atom is 0.289 e. The van der Waals surface area contributed by atoms with Crippen LogP contribution in [-0.2, 0) is 4.79 Å². The molecule has 1 aromatic carbocycles. The van der Waals surface area contributed by atoms with E-state index in [2.05, 4.69) is 0 Å². The summed E-state index contributed by atoms with van der Waals surface area (Å²) in [5.41, 5.74) is 0.983. The molecule has 2 rings (SSSR count). The van der Waals surface area contributed by atoms with Crippen molar-refractivity contribution in [1.29, 1.82) is 0 Å². The summed E-state index contributed by atoms with van der Waals surface area (Å²) in [7, 11) is 0. The molecule has 0 radical (unpaired) electrons. The van der Waals surface area contributed by atoms with Crippen LogP contribution in [0, 0.1) is 6.92 Å². The van der Waals surface area contributed by atoms with E-state index in [0.29, 0.717) is 10.8 Å². The summed E-state index contributed by atoms with van der Waals surface area (Å²) in [5, 5.41) is 10.1. The number of thioether (sulfide) groups is 1. The van der Waals surface area contributed by atoms with Crippen molar-refractivity contribution in [2.24, 2.45) is 0 Å². The Labute approximate surface area is 138 Å². The summed E-state index contributed by atoms with van der Waals surface area (Å²) in [6.45, 7) is 5.14. The molecule has 1 aliphatic heterocycles. The van der Waals surface area contributed by atoms with Crippen molar-refractivity contribution in [3.8, 4) is 5.75 Å². The number of hydrogen-bond acceptors (Lipinski definition) is 5. The molecule has 120 valence electrons. The van der Waals surface area contributed by atoms with Crippen molar-refractivity contribution >= 4 is 34.5 Å². The van der Waals surface area contributed by atoms with E-state index in [-0.39, 0.29) is 24.3 Å². The Morgan fingerprint density at radius 3 is 2.68 bits per heavy atom. The van der Waals surface area contributed by atoms with Gasteiger partial charge in [0.15, 0.2) is 0 Å². The number of amides is 2. The average molecular weight is 344 g/mol. The second-order valence-corrected chi connectivity index (χ2v) is 7.67. The number of nitrogens with zero attached hydrogens (tertiary/aromatic N) is 1. The lowest BCUT2D eigenvalue weighted by Crippen LogP contribution is -2.41. The molecule has 0 aliphatic carbocycles. The van der Waals surface area contributed by atoms with Crippen LogP contribution in [0.1, 0.15) is 19.4 Å². The van der Waals surface area contributed by atoms with Gasteiger partial charge in [0.1, 0.15) is 18.5 Å². The number of rotatable bonds is 5. The van der Waals surface area contributed by atoms with Crippen LogP contribution < -0.4 is 4.74 Å². The molecule has 0 saturated carbocycles. The third-order valence-electron chi connectivity index (χ3n) is 3.23. The summed E-state index contributed by atoms with van der Waals surface area (Å²) in [5.74, 6) is 0.171. The van der Waals surface area contributed by atoms with Crippen LogP contribution in [0.4, 0.5) is 4.79 Å². The van der Waals surface area contributed by atoms with Crippen molar-refractivity contribution < 1.29 is 19.4 Å². The summed E-state index contributed by atoms with van der Waals surface area (Å²) in [6.07, 6.45) is -0.973. The van der Waals surface area contributed by atoms with Gasteiger partial charge < -0.3 is 9.84 Å². The molecular weight excluding hydrogens is 326 g/mol. The zero-order valence-corrected chi connectivity index (χ0v) is 14.2. The van der Waals surface area contributed by atoms with Crippen LogP contribution in [0.3, 0.4) is 0 Å². The normalized spacial score (nSPS) is 18.7. The number of carbonyl (C=O) groups is 2.